The Labute approximate surface area is 162 Å². The van der Waals surface area contributed by atoms with Crippen LogP contribution < -0.4 is 10.6 Å². The van der Waals surface area contributed by atoms with Crippen LogP contribution in [0, 0.1) is 0 Å². The second-order valence-electron chi connectivity index (χ2n) is 6.16. The first-order valence-electron chi connectivity index (χ1n) is 9.53. The molecule has 5 heteroatoms. The van der Waals surface area contributed by atoms with Crippen molar-refractivity contribution in [1.82, 2.24) is 10.6 Å². The van der Waals surface area contributed by atoms with Crippen LogP contribution in [0.5, 0.6) is 0 Å². The van der Waals surface area contributed by atoms with E-state index in [1.165, 1.54) is 11.1 Å². The van der Waals surface area contributed by atoms with Crippen LogP contribution in [0.15, 0.2) is 59.6 Å². The summed E-state index contributed by atoms with van der Waals surface area (Å²) in [6.07, 6.45) is 0.968. The van der Waals surface area contributed by atoms with Crippen molar-refractivity contribution in [2.45, 2.75) is 26.5 Å². The molecule has 0 aliphatic heterocycles. The van der Waals surface area contributed by atoms with Gasteiger partial charge in [0.1, 0.15) is 0 Å². The van der Waals surface area contributed by atoms with Gasteiger partial charge in [-0.25, -0.2) is 0 Å². The van der Waals surface area contributed by atoms with Crippen LogP contribution in [0.2, 0.25) is 0 Å². The number of hydrogen-bond donors (Lipinski definition) is 2. The van der Waals surface area contributed by atoms with Crippen molar-refractivity contribution in [2.24, 2.45) is 4.99 Å². The first kappa shape index (κ1) is 20.9. The Morgan fingerprint density at radius 1 is 0.889 bits per heavy atom. The lowest BCUT2D eigenvalue weighted by molar-refractivity contribution is 0.0453. The number of rotatable bonds is 11. The van der Waals surface area contributed by atoms with Gasteiger partial charge in [0.15, 0.2) is 5.96 Å². The minimum atomic E-state index is 0.602. The zero-order valence-electron chi connectivity index (χ0n) is 16.4. The van der Waals surface area contributed by atoms with E-state index in [1.54, 1.807) is 7.05 Å². The molecule has 0 aromatic heterocycles. The lowest BCUT2D eigenvalue weighted by Gasteiger charge is -2.13. The number of ether oxygens (including phenoxy) is 2. The van der Waals surface area contributed by atoms with Gasteiger partial charge < -0.3 is 20.1 Å². The van der Waals surface area contributed by atoms with E-state index in [1.807, 2.05) is 13.0 Å². The van der Waals surface area contributed by atoms with Gasteiger partial charge in [0.2, 0.25) is 0 Å². The van der Waals surface area contributed by atoms with Gasteiger partial charge in [-0.15, -0.1) is 0 Å². The molecule has 2 aromatic carbocycles. The molecular formula is C22H31N3O2. The number of aliphatic imine (C=N–C) groups is 1. The third-order valence-electron chi connectivity index (χ3n) is 4.07. The van der Waals surface area contributed by atoms with E-state index in [4.69, 9.17) is 9.47 Å². The lowest BCUT2D eigenvalue weighted by atomic mass is 10.1. The minimum Gasteiger partial charge on any atom is -0.379 e. The predicted octanol–water partition coefficient (Wildman–Crippen LogP) is 3.15. The highest BCUT2D eigenvalue weighted by Crippen LogP contribution is 2.06. The molecule has 0 fully saturated rings. The molecular weight excluding hydrogens is 338 g/mol. The lowest BCUT2D eigenvalue weighted by Crippen LogP contribution is -2.37. The molecule has 0 unspecified atom stereocenters. The fourth-order valence-electron chi connectivity index (χ4n) is 2.66. The van der Waals surface area contributed by atoms with Crippen molar-refractivity contribution < 1.29 is 9.47 Å². The summed E-state index contributed by atoms with van der Waals surface area (Å²) in [5, 5.41) is 6.72. The highest BCUT2D eigenvalue weighted by molar-refractivity contribution is 5.79. The van der Waals surface area contributed by atoms with Gasteiger partial charge in [0.05, 0.1) is 19.8 Å². The summed E-state index contributed by atoms with van der Waals surface area (Å²) in [6.45, 7) is 6.14. The van der Waals surface area contributed by atoms with Crippen molar-refractivity contribution in [3.05, 3.63) is 71.3 Å². The first-order chi connectivity index (χ1) is 13.3. The van der Waals surface area contributed by atoms with E-state index in [0.29, 0.717) is 19.8 Å². The Kier molecular flexibility index (Phi) is 10.0. The summed E-state index contributed by atoms with van der Waals surface area (Å²) in [4.78, 5) is 4.29. The SMILES string of the molecule is CCOCCOCc1cccc(CNC(=NC)NCCc2ccccc2)c1. The molecule has 0 atom stereocenters. The first-order valence-corrected chi connectivity index (χ1v) is 9.53. The summed E-state index contributed by atoms with van der Waals surface area (Å²) in [7, 11) is 1.79. The quantitative estimate of drug-likeness (QED) is 0.363. The van der Waals surface area contributed by atoms with Crippen LogP contribution in [-0.4, -0.2) is 39.4 Å². The predicted molar refractivity (Wildman–Crippen MR) is 111 cm³/mol. The summed E-state index contributed by atoms with van der Waals surface area (Å²) in [6, 6.07) is 18.8. The average molecular weight is 370 g/mol. The molecule has 0 heterocycles. The number of benzene rings is 2. The van der Waals surface area contributed by atoms with E-state index in [-0.39, 0.29) is 0 Å². The molecule has 0 bridgehead atoms. The third-order valence-corrected chi connectivity index (χ3v) is 4.07. The van der Waals surface area contributed by atoms with E-state index in [0.717, 1.165) is 37.6 Å². The number of hydrogen-bond acceptors (Lipinski definition) is 3. The Morgan fingerprint density at radius 2 is 1.63 bits per heavy atom. The maximum absolute atomic E-state index is 5.64. The minimum absolute atomic E-state index is 0.602. The van der Waals surface area contributed by atoms with E-state index in [2.05, 4.69) is 64.2 Å². The Balaban J connectivity index is 1.71. The van der Waals surface area contributed by atoms with Gasteiger partial charge >= 0.3 is 0 Å². The van der Waals surface area contributed by atoms with Crippen LogP contribution >= 0.6 is 0 Å². The smallest absolute Gasteiger partial charge is 0.191 e. The van der Waals surface area contributed by atoms with Crippen LogP contribution in [0.25, 0.3) is 0 Å². The summed E-state index contributed by atoms with van der Waals surface area (Å²) >= 11 is 0. The van der Waals surface area contributed by atoms with Gasteiger partial charge in [-0.3, -0.25) is 4.99 Å². The molecule has 27 heavy (non-hydrogen) atoms. The maximum Gasteiger partial charge on any atom is 0.191 e. The van der Waals surface area contributed by atoms with E-state index in [9.17, 15) is 0 Å². The highest BCUT2D eigenvalue weighted by Gasteiger charge is 2.01. The second-order valence-corrected chi connectivity index (χ2v) is 6.16. The van der Waals surface area contributed by atoms with Crippen LogP contribution in [0.1, 0.15) is 23.6 Å². The zero-order chi connectivity index (χ0) is 19.2. The van der Waals surface area contributed by atoms with E-state index >= 15 is 0 Å². The van der Waals surface area contributed by atoms with Gasteiger partial charge in [-0.05, 0) is 30.0 Å². The highest BCUT2D eigenvalue weighted by atomic mass is 16.5. The number of nitrogens with zero attached hydrogens (tertiary/aromatic N) is 1. The van der Waals surface area contributed by atoms with Gasteiger partial charge in [0.25, 0.3) is 0 Å². The molecule has 0 spiro atoms. The molecule has 2 aromatic rings. The fraction of sp³-hybridized carbons (Fsp3) is 0.409. The third kappa shape index (κ3) is 8.71. The van der Waals surface area contributed by atoms with E-state index < -0.39 is 0 Å². The van der Waals surface area contributed by atoms with Crippen molar-refractivity contribution in [1.29, 1.82) is 0 Å². The van der Waals surface area contributed by atoms with Crippen LogP contribution in [0.4, 0.5) is 0 Å². The maximum atomic E-state index is 5.64. The van der Waals surface area contributed by atoms with Crippen LogP contribution in [-0.2, 0) is 29.0 Å². The number of nitrogens with one attached hydrogen (secondary N) is 2. The van der Waals surface area contributed by atoms with Crippen molar-refractivity contribution >= 4 is 5.96 Å². The molecule has 2 N–H and O–H groups in total. The van der Waals surface area contributed by atoms with Crippen molar-refractivity contribution in [3.8, 4) is 0 Å². The molecule has 0 aliphatic rings. The van der Waals surface area contributed by atoms with Gasteiger partial charge in [-0.1, -0.05) is 54.6 Å². The van der Waals surface area contributed by atoms with Crippen molar-refractivity contribution in [3.63, 3.8) is 0 Å². The summed E-state index contributed by atoms with van der Waals surface area (Å²) in [5.74, 6) is 0.810. The Hall–Kier alpha value is -2.37. The average Bonchev–Trinajstić information content (AvgIpc) is 2.71. The molecule has 146 valence electrons. The molecule has 0 radical (unpaired) electrons. The Morgan fingerprint density at radius 3 is 2.41 bits per heavy atom. The molecule has 0 saturated heterocycles. The summed E-state index contributed by atoms with van der Waals surface area (Å²) < 4.78 is 10.9. The summed E-state index contributed by atoms with van der Waals surface area (Å²) in [5.41, 5.74) is 3.68. The molecule has 0 amide bonds. The largest absolute Gasteiger partial charge is 0.379 e. The fourth-order valence-corrected chi connectivity index (χ4v) is 2.66. The van der Waals surface area contributed by atoms with Crippen LogP contribution in [0.3, 0.4) is 0 Å². The topological polar surface area (TPSA) is 54.9 Å². The Bertz CT molecular complexity index is 674. The monoisotopic (exact) mass is 369 g/mol. The molecule has 2 rings (SSSR count). The molecule has 0 saturated carbocycles. The second kappa shape index (κ2) is 12.9. The normalized spacial score (nSPS) is 11.4. The standard InChI is InChI=1S/C22H31N3O2/c1-3-26-14-15-27-18-21-11-7-10-20(16-21)17-25-22(23-2)24-13-12-19-8-5-4-6-9-19/h4-11,16H,3,12-15,17-18H2,1-2H3,(H2,23,24,25). The number of guanidine groups is 1. The van der Waals surface area contributed by atoms with Crippen molar-refractivity contribution in [2.75, 3.05) is 33.4 Å². The van der Waals surface area contributed by atoms with Gasteiger partial charge in [0, 0.05) is 26.7 Å². The molecule has 5 nitrogen and oxygen atoms in total. The zero-order valence-corrected chi connectivity index (χ0v) is 16.4. The van der Waals surface area contributed by atoms with Gasteiger partial charge in [-0.2, -0.15) is 0 Å². The molecule has 0 aliphatic carbocycles.